The first kappa shape index (κ1) is 13.8. The number of nitrogen functional groups attached to an aromatic ring is 1. The number of hydrogen-bond acceptors (Lipinski definition) is 3. The molecule has 1 amide bonds. The highest BCUT2D eigenvalue weighted by atomic mass is 19.1. The molecule has 1 aliphatic heterocycles. The van der Waals surface area contributed by atoms with Crippen molar-refractivity contribution < 1.29 is 14.3 Å². The Morgan fingerprint density at radius 3 is 3.05 bits per heavy atom. The largest absolute Gasteiger partial charge is 0.396 e. The number of carbonyl (C=O) groups excluding carboxylic acids is 1. The molecule has 0 radical (unpaired) electrons. The summed E-state index contributed by atoms with van der Waals surface area (Å²) in [5, 5.41) is 8.88. The van der Waals surface area contributed by atoms with Crippen LogP contribution in [0.4, 0.5) is 10.1 Å². The van der Waals surface area contributed by atoms with Crippen molar-refractivity contribution in [3.63, 3.8) is 0 Å². The number of hydrogen-bond donors (Lipinski definition) is 2. The highest BCUT2D eigenvalue weighted by Crippen LogP contribution is 2.26. The highest BCUT2D eigenvalue weighted by Gasteiger charge is 2.30. The van der Waals surface area contributed by atoms with Crippen molar-refractivity contribution in [3.8, 4) is 0 Å². The van der Waals surface area contributed by atoms with E-state index in [-0.39, 0.29) is 29.8 Å². The Hall–Kier alpha value is -1.62. The molecule has 1 atom stereocenters. The summed E-state index contributed by atoms with van der Waals surface area (Å²) in [6.07, 6.45) is 3.32. The van der Waals surface area contributed by atoms with Crippen LogP contribution in [0.1, 0.15) is 36.0 Å². The van der Waals surface area contributed by atoms with Crippen LogP contribution in [0.15, 0.2) is 18.2 Å². The van der Waals surface area contributed by atoms with Gasteiger partial charge in [-0.05, 0) is 37.8 Å². The fourth-order valence-corrected chi connectivity index (χ4v) is 2.61. The van der Waals surface area contributed by atoms with Crippen LogP contribution < -0.4 is 5.73 Å². The molecule has 1 fully saturated rings. The number of nitrogens with zero attached hydrogens (tertiary/aromatic N) is 1. The summed E-state index contributed by atoms with van der Waals surface area (Å²) >= 11 is 0. The third kappa shape index (κ3) is 2.87. The molecule has 2 rings (SSSR count). The maximum Gasteiger partial charge on any atom is 0.256 e. The Morgan fingerprint density at radius 1 is 1.53 bits per heavy atom. The first-order chi connectivity index (χ1) is 9.15. The van der Waals surface area contributed by atoms with Gasteiger partial charge in [-0.1, -0.05) is 6.07 Å². The van der Waals surface area contributed by atoms with Crippen molar-refractivity contribution in [2.24, 2.45) is 0 Å². The number of nitrogens with two attached hydrogens (primary N) is 1. The second kappa shape index (κ2) is 6.02. The lowest BCUT2D eigenvalue weighted by atomic mass is 10.1. The van der Waals surface area contributed by atoms with E-state index in [2.05, 4.69) is 0 Å². The predicted molar refractivity (Wildman–Crippen MR) is 71.2 cm³/mol. The van der Waals surface area contributed by atoms with Gasteiger partial charge in [-0.2, -0.15) is 0 Å². The number of halogens is 1. The van der Waals surface area contributed by atoms with Crippen LogP contribution >= 0.6 is 0 Å². The molecule has 0 aromatic heterocycles. The van der Waals surface area contributed by atoms with Crippen molar-refractivity contribution in [3.05, 3.63) is 29.6 Å². The van der Waals surface area contributed by atoms with E-state index in [4.69, 9.17) is 10.8 Å². The molecule has 5 heteroatoms. The summed E-state index contributed by atoms with van der Waals surface area (Å²) in [5.41, 5.74) is 5.78. The number of aliphatic hydroxyl groups excluding tert-OH is 1. The molecule has 1 aromatic carbocycles. The topological polar surface area (TPSA) is 66.6 Å². The normalized spacial score (nSPS) is 18.8. The van der Waals surface area contributed by atoms with Crippen LogP contribution in [-0.4, -0.2) is 35.1 Å². The molecule has 0 saturated carbocycles. The molecule has 104 valence electrons. The van der Waals surface area contributed by atoms with Gasteiger partial charge in [0.2, 0.25) is 0 Å². The molecule has 1 aromatic rings. The van der Waals surface area contributed by atoms with Gasteiger partial charge in [0.05, 0.1) is 11.3 Å². The van der Waals surface area contributed by atoms with Gasteiger partial charge >= 0.3 is 0 Å². The van der Waals surface area contributed by atoms with E-state index in [1.165, 1.54) is 12.1 Å². The molecule has 1 aliphatic rings. The van der Waals surface area contributed by atoms with E-state index in [0.717, 1.165) is 19.3 Å². The Kier molecular flexibility index (Phi) is 4.37. The molecule has 1 unspecified atom stereocenters. The number of aliphatic hydroxyl groups is 1. The van der Waals surface area contributed by atoms with Gasteiger partial charge in [0.15, 0.2) is 0 Å². The lowest BCUT2D eigenvalue weighted by Gasteiger charge is -2.25. The average Bonchev–Trinajstić information content (AvgIpc) is 2.87. The number of benzene rings is 1. The van der Waals surface area contributed by atoms with Gasteiger partial charge < -0.3 is 15.7 Å². The van der Waals surface area contributed by atoms with Crippen LogP contribution in [0.25, 0.3) is 0 Å². The third-order valence-electron chi connectivity index (χ3n) is 3.62. The van der Waals surface area contributed by atoms with E-state index in [0.29, 0.717) is 13.0 Å². The summed E-state index contributed by atoms with van der Waals surface area (Å²) in [5.74, 6) is -0.769. The molecule has 0 bridgehead atoms. The minimum absolute atomic E-state index is 0.0830. The molecule has 4 nitrogen and oxygen atoms in total. The van der Waals surface area contributed by atoms with E-state index in [1.54, 1.807) is 11.0 Å². The summed E-state index contributed by atoms with van der Waals surface area (Å²) in [6, 6.07) is 4.43. The Bertz CT molecular complexity index is 465. The number of anilines is 1. The summed E-state index contributed by atoms with van der Waals surface area (Å²) in [7, 11) is 0. The van der Waals surface area contributed by atoms with Crippen molar-refractivity contribution in [2.75, 3.05) is 18.9 Å². The number of carbonyl (C=O) groups is 1. The fourth-order valence-electron chi connectivity index (χ4n) is 2.61. The summed E-state index contributed by atoms with van der Waals surface area (Å²) in [6.45, 7) is 0.797. The fraction of sp³-hybridized carbons (Fsp3) is 0.500. The number of likely N-dealkylation sites (tertiary alicyclic amines) is 1. The van der Waals surface area contributed by atoms with Crippen molar-refractivity contribution in [1.82, 2.24) is 4.90 Å². The standard InChI is InChI=1S/C14H19FN2O2/c15-12-7-1-6-11(13(12)16)14(19)17-8-2-4-10(17)5-3-9-18/h1,6-7,10,18H,2-5,8-9,16H2. The van der Waals surface area contributed by atoms with E-state index >= 15 is 0 Å². The Labute approximate surface area is 112 Å². The number of amides is 1. The SMILES string of the molecule is Nc1c(F)cccc1C(=O)N1CCCC1CCCO. The number of rotatable bonds is 4. The van der Waals surface area contributed by atoms with E-state index < -0.39 is 5.82 Å². The Morgan fingerprint density at radius 2 is 2.32 bits per heavy atom. The van der Waals surface area contributed by atoms with Crippen LogP contribution in [0, 0.1) is 5.82 Å². The molecule has 0 aliphatic carbocycles. The van der Waals surface area contributed by atoms with Crippen molar-refractivity contribution in [1.29, 1.82) is 0 Å². The maximum absolute atomic E-state index is 13.4. The number of para-hydroxylation sites is 1. The molecular formula is C14H19FN2O2. The second-order valence-electron chi connectivity index (χ2n) is 4.86. The zero-order valence-electron chi connectivity index (χ0n) is 10.8. The second-order valence-corrected chi connectivity index (χ2v) is 4.86. The quantitative estimate of drug-likeness (QED) is 0.816. The zero-order chi connectivity index (χ0) is 13.8. The van der Waals surface area contributed by atoms with Gasteiger partial charge in [0.25, 0.3) is 5.91 Å². The van der Waals surface area contributed by atoms with Crippen LogP contribution in [0.2, 0.25) is 0 Å². The molecule has 1 heterocycles. The molecule has 3 N–H and O–H groups in total. The van der Waals surface area contributed by atoms with Gasteiger partial charge in [-0.3, -0.25) is 4.79 Å². The highest BCUT2D eigenvalue weighted by molar-refractivity contribution is 5.99. The van der Waals surface area contributed by atoms with Gasteiger partial charge in [0.1, 0.15) is 5.82 Å². The van der Waals surface area contributed by atoms with E-state index in [1.807, 2.05) is 0 Å². The third-order valence-corrected chi connectivity index (χ3v) is 3.62. The maximum atomic E-state index is 13.4. The minimum atomic E-state index is -0.558. The van der Waals surface area contributed by atoms with Crippen LogP contribution in [0.5, 0.6) is 0 Å². The summed E-state index contributed by atoms with van der Waals surface area (Å²) < 4.78 is 13.4. The van der Waals surface area contributed by atoms with Crippen molar-refractivity contribution >= 4 is 11.6 Å². The molecule has 19 heavy (non-hydrogen) atoms. The Balaban J connectivity index is 2.16. The van der Waals surface area contributed by atoms with Gasteiger partial charge in [0, 0.05) is 19.2 Å². The monoisotopic (exact) mass is 266 g/mol. The van der Waals surface area contributed by atoms with Gasteiger partial charge in [-0.25, -0.2) is 4.39 Å². The lowest BCUT2D eigenvalue weighted by Crippen LogP contribution is -2.36. The lowest BCUT2D eigenvalue weighted by molar-refractivity contribution is 0.0725. The van der Waals surface area contributed by atoms with Crippen molar-refractivity contribution in [2.45, 2.75) is 31.7 Å². The first-order valence-corrected chi connectivity index (χ1v) is 6.61. The van der Waals surface area contributed by atoms with Crippen LogP contribution in [-0.2, 0) is 0 Å². The average molecular weight is 266 g/mol. The molecule has 0 spiro atoms. The smallest absolute Gasteiger partial charge is 0.256 e. The molecule has 1 saturated heterocycles. The zero-order valence-corrected chi connectivity index (χ0v) is 10.8. The van der Waals surface area contributed by atoms with Crippen LogP contribution in [0.3, 0.4) is 0 Å². The predicted octanol–water partition coefficient (Wildman–Crippen LogP) is 1.79. The first-order valence-electron chi connectivity index (χ1n) is 6.61. The van der Waals surface area contributed by atoms with E-state index in [9.17, 15) is 9.18 Å². The molecular weight excluding hydrogens is 247 g/mol. The minimum Gasteiger partial charge on any atom is -0.396 e. The summed E-state index contributed by atoms with van der Waals surface area (Å²) in [4.78, 5) is 14.2. The van der Waals surface area contributed by atoms with Gasteiger partial charge in [-0.15, -0.1) is 0 Å².